The van der Waals surface area contributed by atoms with E-state index in [1.165, 1.54) is 0 Å². The number of amides is 1. The minimum atomic E-state index is -0.0484. The first kappa shape index (κ1) is 18.5. The van der Waals surface area contributed by atoms with Crippen LogP contribution < -0.4 is 19.7 Å². The van der Waals surface area contributed by atoms with E-state index in [9.17, 15) is 4.79 Å². The van der Waals surface area contributed by atoms with Crippen LogP contribution in [0.25, 0.3) is 0 Å². The molecule has 1 N–H and O–H groups in total. The molecule has 2 aromatic rings. The van der Waals surface area contributed by atoms with Crippen molar-refractivity contribution >= 4 is 17.4 Å². The zero-order chi connectivity index (χ0) is 19.2. The average molecular weight is 366 g/mol. The first-order valence-corrected chi connectivity index (χ1v) is 8.78. The fourth-order valence-corrected chi connectivity index (χ4v) is 3.17. The van der Waals surface area contributed by atoms with Gasteiger partial charge in [-0.3, -0.25) is 4.79 Å². The molecular formula is C20H22N4O3. The third-order valence-electron chi connectivity index (χ3n) is 4.72. The Balaban J connectivity index is 1.57. The highest BCUT2D eigenvalue weighted by Crippen LogP contribution is 2.30. The fourth-order valence-electron chi connectivity index (χ4n) is 3.17. The van der Waals surface area contributed by atoms with Crippen LogP contribution in [0.4, 0.5) is 11.5 Å². The van der Waals surface area contributed by atoms with E-state index in [1.54, 1.807) is 44.7 Å². The number of rotatable bonds is 5. The molecule has 0 unspecified atom stereocenters. The van der Waals surface area contributed by atoms with Crippen molar-refractivity contribution < 1.29 is 14.3 Å². The number of aromatic nitrogens is 1. The van der Waals surface area contributed by atoms with E-state index < -0.39 is 0 Å². The summed E-state index contributed by atoms with van der Waals surface area (Å²) in [5.41, 5.74) is 1.23. The van der Waals surface area contributed by atoms with Gasteiger partial charge in [0, 0.05) is 37.0 Å². The van der Waals surface area contributed by atoms with Crippen molar-refractivity contribution in [3.05, 3.63) is 42.1 Å². The lowest BCUT2D eigenvalue weighted by Gasteiger charge is -2.32. The quantitative estimate of drug-likeness (QED) is 0.875. The third kappa shape index (κ3) is 4.29. The molecule has 0 aliphatic carbocycles. The van der Waals surface area contributed by atoms with Gasteiger partial charge in [-0.15, -0.1) is 0 Å². The van der Waals surface area contributed by atoms with Crippen LogP contribution in [-0.4, -0.2) is 38.2 Å². The van der Waals surface area contributed by atoms with Crippen LogP contribution in [0.3, 0.4) is 0 Å². The van der Waals surface area contributed by atoms with Crippen LogP contribution in [0.2, 0.25) is 0 Å². The van der Waals surface area contributed by atoms with Gasteiger partial charge >= 0.3 is 0 Å². The van der Waals surface area contributed by atoms with E-state index in [0.29, 0.717) is 22.7 Å². The lowest BCUT2D eigenvalue weighted by Crippen LogP contribution is -2.38. The van der Waals surface area contributed by atoms with E-state index in [0.717, 1.165) is 31.7 Å². The van der Waals surface area contributed by atoms with Crippen LogP contribution in [0.15, 0.2) is 36.5 Å². The number of nitrogens with zero attached hydrogens (tertiary/aromatic N) is 3. The van der Waals surface area contributed by atoms with Gasteiger partial charge in [-0.2, -0.15) is 5.26 Å². The van der Waals surface area contributed by atoms with E-state index in [1.807, 2.05) is 6.07 Å². The van der Waals surface area contributed by atoms with Crippen molar-refractivity contribution in [3.8, 4) is 17.6 Å². The lowest BCUT2D eigenvalue weighted by molar-refractivity contribution is -0.120. The maximum atomic E-state index is 12.6. The number of methoxy groups -OCH3 is 2. The number of ether oxygens (including phenoxy) is 2. The second kappa shape index (κ2) is 8.41. The van der Waals surface area contributed by atoms with Gasteiger partial charge in [0.05, 0.1) is 19.8 Å². The Morgan fingerprint density at radius 1 is 1.19 bits per heavy atom. The Morgan fingerprint density at radius 2 is 1.93 bits per heavy atom. The molecule has 1 amide bonds. The molecule has 0 spiro atoms. The standard InChI is InChI=1S/C20H22N4O3/c1-26-17-5-4-16(11-18(17)27-2)23-20(25)15-7-9-24(10-8-15)19-6-3-14(12-21)13-22-19/h3-6,11,13,15H,7-10H2,1-2H3,(H,23,25). The number of piperidine rings is 1. The van der Waals surface area contributed by atoms with Gasteiger partial charge in [-0.05, 0) is 37.1 Å². The first-order chi connectivity index (χ1) is 13.1. The number of anilines is 2. The number of pyridine rings is 1. The number of carbonyl (C=O) groups excluding carboxylic acids is 1. The molecule has 3 rings (SSSR count). The highest BCUT2D eigenvalue weighted by Gasteiger charge is 2.25. The summed E-state index contributed by atoms with van der Waals surface area (Å²) < 4.78 is 10.5. The summed E-state index contributed by atoms with van der Waals surface area (Å²) in [7, 11) is 3.14. The van der Waals surface area contributed by atoms with Gasteiger partial charge in [-0.1, -0.05) is 0 Å². The van der Waals surface area contributed by atoms with Crippen molar-refractivity contribution in [2.45, 2.75) is 12.8 Å². The lowest BCUT2D eigenvalue weighted by atomic mass is 9.95. The first-order valence-electron chi connectivity index (χ1n) is 8.78. The molecular weight excluding hydrogens is 344 g/mol. The number of hydrogen-bond acceptors (Lipinski definition) is 6. The maximum absolute atomic E-state index is 12.6. The summed E-state index contributed by atoms with van der Waals surface area (Å²) in [6.07, 6.45) is 3.08. The predicted octanol–water partition coefficient (Wildman–Crippen LogP) is 2.83. The van der Waals surface area contributed by atoms with Crippen molar-refractivity contribution in [3.63, 3.8) is 0 Å². The summed E-state index contributed by atoms with van der Waals surface area (Å²) >= 11 is 0. The van der Waals surface area contributed by atoms with Crippen LogP contribution in [0.1, 0.15) is 18.4 Å². The average Bonchev–Trinajstić information content (AvgIpc) is 2.73. The maximum Gasteiger partial charge on any atom is 0.227 e. The van der Waals surface area contributed by atoms with Gasteiger partial charge in [-0.25, -0.2) is 4.98 Å². The Kier molecular flexibility index (Phi) is 5.77. The molecule has 7 heteroatoms. The Labute approximate surface area is 158 Å². The molecule has 140 valence electrons. The molecule has 1 aliphatic rings. The molecule has 7 nitrogen and oxygen atoms in total. The number of benzene rings is 1. The Hall–Kier alpha value is -3.27. The fraction of sp³-hybridized carbons (Fsp3) is 0.350. The summed E-state index contributed by atoms with van der Waals surface area (Å²) in [5.74, 6) is 2.01. The smallest absolute Gasteiger partial charge is 0.227 e. The molecule has 27 heavy (non-hydrogen) atoms. The SMILES string of the molecule is COc1ccc(NC(=O)C2CCN(c3ccc(C#N)cn3)CC2)cc1OC. The van der Waals surface area contributed by atoms with Gasteiger partial charge in [0.25, 0.3) is 0 Å². The second-order valence-corrected chi connectivity index (χ2v) is 6.34. The molecule has 1 aliphatic heterocycles. The van der Waals surface area contributed by atoms with Crippen molar-refractivity contribution in [1.29, 1.82) is 5.26 Å². The van der Waals surface area contributed by atoms with Crippen molar-refractivity contribution in [2.24, 2.45) is 5.92 Å². The third-order valence-corrected chi connectivity index (χ3v) is 4.72. The molecule has 1 aromatic heterocycles. The van der Waals surface area contributed by atoms with Gasteiger partial charge in [0.15, 0.2) is 11.5 Å². The zero-order valence-corrected chi connectivity index (χ0v) is 15.4. The molecule has 0 radical (unpaired) electrons. The summed E-state index contributed by atoms with van der Waals surface area (Å²) in [4.78, 5) is 19.1. The number of carbonyl (C=O) groups is 1. The van der Waals surface area contributed by atoms with Crippen LogP contribution in [0, 0.1) is 17.2 Å². The van der Waals surface area contributed by atoms with E-state index >= 15 is 0 Å². The van der Waals surface area contributed by atoms with E-state index in [2.05, 4.69) is 21.3 Å². The van der Waals surface area contributed by atoms with Gasteiger partial charge in [0.1, 0.15) is 11.9 Å². The molecule has 1 saturated heterocycles. The van der Waals surface area contributed by atoms with Gasteiger partial charge < -0.3 is 19.7 Å². The monoisotopic (exact) mass is 366 g/mol. The normalized spacial score (nSPS) is 14.3. The number of nitriles is 1. The minimum absolute atomic E-state index is 0.00894. The molecule has 0 saturated carbocycles. The molecule has 1 aromatic carbocycles. The van der Waals surface area contributed by atoms with E-state index in [4.69, 9.17) is 14.7 Å². The Morgan fingerprint density at radius 3 is 2.52 bits per heavy atom. The highest BCUT2D eigenvalue weighted by atomic mass is 16.5. The highest BCUT2D eigenvalue weighted by molar-refractivity contribution is 5.93. The summed E-state index contributed by atoms with van der Waals surface area (Å²) in [6, 6.07) is 11.0. The van der Waals surface area contributed by atoms with Crippen molar-refractivity contribution in [2.75, 3.05) is 37.5 Å². The minimum Gasteiger partial charge on any atom is -0.493 e. The predicted molar refractivity (Wildman–Crippen MR) is 102 cm³/mol. The van der Waals surface area contributed by atoms with Crippen LogP contribution in [-0.2, 0) is 4.79 Å². The topological polar surface area (TPSA) is 87.5 Å². The Bertz CT molecular complexity index is 837. The van der Waals surface area contributed by atoms with E-state index in [-0.39, 0.29) is 11.8 Å². The summed E-state index contributed by atoms with van der Waals surface area (Å²) in [5, 5.41) is 11.8. The number of nitrogens with one attached hydrogen (secondary N) is 1. The van der Waals surface area contributed by atoms with Crippen LogP contribution in [0.5, 0.6) is 11.5 Å². The molecule has 2 heterocycles. The second-order valence-electron chi connectivity index (χ2n) is 6.34. The molecule has 0 atom stereocenters. The molecule has 1 fully saturated rings. The largest absolute Gasteiger partial charge is 0.493 e. The van der Waals surface area contributed by atoms with Crippen molar-refractivity contribution in [1.82, 2.24) is 4.98 Å². The number of hydrogen-bond donors (Lipinski definition) is 1. The van der Waals surface area contributed by atoms with Crippen LogP contribution >= 0.6 is 0 Å². The van der Waals surface area contributed by atoms with Gasteiger partial charge in [0.2, 0.25) is 5.91 Å². The molecule has 0 bridgehead atoms. The summed E-state index contributed by atoms with van der Waals surface area (Å²) in [6.45, 7) is 1.51. The zero-order valence-electron chi connectivity index (χ0n) is 15.4.